The van der Waals surface area contributed by atoms with Gasteiger partial charge in [-0.2, -0.15) is 22.0 Å². The molecule has 0 atom stereocenters. The van der Waals surface area contributed by atoms with Gasteiger partial charge in [0.25, 0.3) is 0 Å². The maximum absolute atomic E-state index is 14.6. The Morgan fingerprint density at radius 1 is 0.676 bits per heavy atom. The van der Waals surface area contributed by atoms with E-state index in [0.717, 1.165) is 48.9 Å². The maximum atomic E-state index is 14.6. The third kappa shape index (κ3) is 7.02. The fourth-order valence-electron chi connectivity index (χ4n) is 3.61. The number of alkyl halides is 5. The number of aryl methyl sites for hydroxylation is 3. The van der Waals surface area contributed by atoms with Crippen LogP contribution < -0.4 is 4.74 Å². The minimum atomic E-state index is -4.74. The summed E-state index contributed by atoms with van der Waals surface area (Å²) in [7, 11) is 0. The Kier molecular flexibility index (Phi) is 8.28. The molecular formula is C27H26F6O. The summed E-state index contributed by atoms with van der Waals surface area (Å²) in [5.41, 5.74) is 0.637. The number of unbranched alkanes of at least 4 members (excludes halogenated alkanes) is 2. The van der Waals surface area contributed by atoms with Crippen molar-refractivity contribution in [2.45, 2.75) is 57.7 Å². The Balaban J connectivity index is 1.57. The van der Waals surface area contributed by atoms with Crippen molar-refractivity contribution in [1.29, 1.82) is 0 Å². The average molecular weight is 480 g/mol. The summed E-state index contributed by atoms with van der Waals surface area (Å²) in [6.45, 7) is 2.11. The van der Waals surface area contributed by atoms with Crippen molar-refractivity contribution in [3.05, 3.63) is 100 Å². The molecule has 0 fully saturated rings. The molecular weight excluding hydrogens is 454 g/mol. The van der Waals surface area contributed by atoms with E-state index < -0.39 is 23.7 Å². The average Bonchev–Trinajstić information content (AvgIpc) is 2.78. The van der Waals surface area contributed by atoms with Crippen molar-refractivity contribution in [2.24, 2.45) is 0 Å². The predicted molar refractivity (Wildman–Crippen MR) is 119 cm³/mol. The number of halogens is 6. The van der Waals surface area contributed by atoms with E-state index in [9.17, 15) is 26.3 Å². The Bertz CT molecular complexity index is 1060. The molecule has 0 bridgehead atoms. The van der Waals surface area contributed by atoms with E-state index in [0.29, 0.717) is 18.4 Å². The van der Waals surface area contributed by atoms with E-state index >= 15 is 0 Å². The summed E-state index contributed by atoms with van der Waals surface area (Å²) in [5.74, 6) is -1.33. The lowest BCUT2D eigenvalue weighted by atomic mass is 10.0. The Labute approximate surface area is 195 Å². The first kappa shape index (κ1) is 25.7. The molecule has 0 aromatic heterocycles. The monoisotopic (exact) mass is 480 g/mol. The molecule has 0 amide bonds. The third-order valence-corrected chi connectivity index (χ3v) is 5.57. The van der Waals surface area contributed by atoms with E-state index in [1.807, 2.05) is 0 Å². The molecule has 0 saturated heterocycles. The zero-order valence-electron chi connectivity index (χ0n) is 18.8. The Hall–Kier alpha value is -2.96. The van der Waals surface area contributed by atoms with Crippen LogP contribution in [0.1, 0.15) is 54.0 Å². The van der Waals surface area contributed by atoms with Gasteiger partial charge in [-0.05, 0) is 78.8 Å². The van der Waals surface area contributed by atoms with Crippen LogP contribution in [0.25, 0.3) is 0 Å². The van der Waals surface area contributed by atoms with Crippen LogP contribution in [-0.2, 0) is 31.5 Å². The lowest BCUT2D eigenvalue weighted by Gasteiger charge is -2.19. The van der Waals surface area contributed by atoms with Gasteiger partial charge in [-0.25, -0.2) is 4.39 Å². The second kappa shape index (κ2) is 11.0. The standard InChI is InChI=1S/C27H26F6O/c1-2-3-4-5-19-8-13-22(14-9-19)27(32,33)34-23-15-10-20(11-16-23)6-7-21-12-17-24(25(28)18-21)26(29,30)31/h8-18H,2-7H2,1H3. The molecule has 3 aromatic carbocycles. The van der Waals surface area contributed by atoms with Crippen molar-refractivity contribution in [2.75, 3.05) is 0 Å². The zero-order chi connectivity index (χ0) is 24.8. The number of hydrogen-bond donors (Lipinski definition) is 0. The largest absolute Gasteiger partial charge is 0.429 e. The van der Waals surface area contributed by atoms with E-state index in [4.69, 9.17) is 4.74 Å². The zero-order valence-corrected chi connectivity index (χ0v) is 18.8. The molecule has 7 heteroatoms. The minimum absolute atomic E-state index is 0.0126. The molecule has 0 unspecified atom stereocenters. The number of hydrogen-bond acceptors (Lipinski definition) is 1. The SMILES string of the molecule is CCCCCc1ccc(C(F)(F)Oc2ccc(CCc3ccc(C(F)(F)F)c(F)c3)cc2)cc1. The minimum Gasteiger partial charge on any atom is -0.429 e. The molecule has 0 heterocycles. The van der Waals surface area contributed by atoms with E-state index in [1.165, 1.54) is 30.3 Å². The highest BCUT2D eigenvalue weighted by atomic mass is 19.4. The maximum Gasteiger partial charge on any atom is 0.426 e. The fourth-order valence-corrected chi connectivity index (χ4v) is 3.61. The summed E-state index contributed by atoms with van der Waals surface area (Å²) in [6, 6.07) is 15.0. The fraction of sp³-hybridized carbons (Fsp3) is 0.333. The molecule has 0 aliphatic rings. The first-order valence-corrected chi connectivity index (χ1v) is 11.2. The quantitative estimate of drug-likeness (QED) is 0.209. The Morgan fingerprint density at radius 2 is 1.24 bits per heavy atom. The van der Waals surface area contributed by atoms with Gasteiger partial charge in [0.2, 0.25) is 0 Å². The molecule has 34 heavy (non-hydrogen) atoms. The highest BCUT2D eigenvalue weighted by Crippen LogP contribution is 2.33. The first-order valence-electron chi connectivity index (χ1n) is 11.2. The first-order chi connectivity index (χ1) is 16.1. The van der Waals surface area contributed by atoms with Gasteiger partial charge in [0.1, 0.15) is 11.6 Å². The number of benzene rings is 3. The summed E-state index contributed by atoms with van der Waals surface area (Å²) in [5, 5.41) is 0. The van der Waals surface area contributed by atoms with Crippen molar-refractivity contribution in [1.82, 2.24) is 0 Å². The van der Waals surface area contributed by atoms with Crippen molar-refractivity contribution in [3.63, 3.8) is 0 Å². The highest BCUT2D eigenvalue weighted by molar-refractivity contribution is 5.32. The smallest absolute Gasteiger partial charge is 0.426 e. The molecule has 0 radical (unpaired) electrons. The molecule has 3 aromatic rings. The molecule has 0 aliphatic heterocycles. The lowest BCUT2D eigenvalue weighted by molar-refractivity contribution is -0.185. The topological polar surface area (TPSA) is 9.23 Å². The number of rotatable bonds is 10. The van der Waals surface area contributed by atoms with Gasteiger partial charge in [0.15, 0.2) is 0 Å². The molecule has 0 aliphatic carbocycles. The van der Waals surface area contributed by atoms with Gasteiger partial charge in [-0.1, -0.05) is 50.1 Å². The highest BCUT2D eigenvalue weighted by Gasteiger charge is 2.35. The lowest BCUT2D eigenvalue weighted by Crippen LogP contribution is -2.21. The van der Waals surface area contributed by atoms with Gasteiger partial charge in [0, 0.05) is 0 Å². The van der Waals surface area contributed by atoms with Crippen LogP contribution >= 0.6 is 0 Å². The number of ether oxygens (including phenoxy) is 1. The molecule has 0 spiro atoms. The summed E-state index contributed by atoms with van der Waals surface area (Å²) < 4.78 is 85.7. The third-order valence-electron chi connectivity index (χ3n) is 5.57. The molecule has 0 saturated carbocycles. The van der Waals surface area contributed by atoms with E-state index in [-0.39, 0.29) is 11.3 Å². The van der Waals surface area contributed by atoms with Crippen molar-refractivity contribution in [3.8, 4) is 5.75 Å². The molecule has 0 N–H and O–H groups in total. The van der Waals surface area contributed by atoms with Crippen LogP contribution in [0.4, 0.5) is 26.3 Å². The van der Waals surface area contributed by atoms with Crippen molar-refractivity contribution < 1.29 is 31.1 Å². The second-order valence-electron chi connectivity index (χ2n) is 8.23. The van der Waals surface area contributed by atoms with E-state index in [2.05, 4.69) is 6.92 Å². The van der Waals surface area contributed by atoms with Crippen LogP contribution in [0.2, 0.25) is 0 Å². The van der Waals surface area contributed by atoms with E-state index in [1.54, 1.807) is 24.3 Å². The van der Waals surface area contributed by atoms with Gasteiger partial charge in [0.05, 0.1) is 11.1 Å². The molecule has 3 rings (SSSR count). The molecule has 1 nitrogen and oxygen atoms in total. The van der Waals surface area contributed by atoms with Crippen LogP contribution in [0.3, 0.4) is 0 Å². The molecule has 182 valence electrons. The summed E-state index contributed by atoms with van der Waals surface area (Å²) in [4.78, 5) is 0. The predicted octanol–water partition coefficient (Wildman–Crippen LogP) is 8.49. The van der Waals surface area contributed by atoms with Crippen LogP contribution in [-0.4, -0.2) is 0 Å². The van der Waals surface area contributed by atoms with Gasteiger partial charge < -0.3 is 4.74 Å². The van der Waals surface area contributed by atoms with Crippen LogP contribution in [0, 0.1) is 5.82 Å². The van der Waals surface area contributed by atoms with Gasteiger partial charge in [-0.3, -0.25) is 0 Å². The van der Waals surface area contributed by atoms with Gasteiger partial charge in [-0.15, -0.1) is 0 Å². The summed E-state index contributed by atoms with van der Waals surface area (Å²) >= 11 is 0. The van der Waals surface area contributed by atoms with Crippen molar-refractivity contribution >= 4 is 0 Å². The Morgan fingerprint density at radius 3 is 1.82 bits per heavy atom. The van der Waals surface area contributed by atoms with Gasteiger partial charge >= 0.3 is 12.3 Å². The second-order valence-corrected chi connectivity index (χ2v) is 8.23. The van der Waals surface area contributed by atoms with Crippen LogP contribution in [0.15, 0.2) is 66.7 Å². The summed E-state index contributed by atoms with van der Waals surface area (Å²) in [6.07, 6.45) is -3.48. The van der Waals surface area contributed by atoms with Crippen LogP contribution in [0.5, 0.6) is 5.75 Å². The normalized spacial score (nSPS) is 12.1.